The van der Waals surface area contributed by atoms with Crippen LogP contribution in [0.15, 0.2) is 47.5 Å². The summed E-state index contributed by atoms with van der Waals surface area (Å²) in [5.41, 5.74) is 4.83. The van der Waals surface area contributed by atoms with Crippen molar-refractivity contribution in [3.05, 3.63) is 64.7 Å². The second-order valence-electron chi connectivity index (χ2n) is 7.73. The van der Waals surface area contributed by atoms with E-state index in [9.17, 15) is 0 Å². The molecule has 0 bridgehead atoms. The zero-order chi connectivity index (χ0) is 20.6. The van der Waals surface area contributed by atoms with Crippen molar-refractivity contribution in [2.75, 3.05) is 27.3 Å². The number of rotatable bonds is 6. The normalized spacial score (nSPS) is 19.7. The van der Waals surface area contributed by atoms with E-state index >= 15 is 0 Å². The Morgan fingerprint density at radius 2 is 1.86 bits per heavy atom. The predicted molar refractivity (Wildman–Crippen MR) is 119 cm³/mol. The number of aryl methyl sites for hydroxylation is 2. The Morgan fingerprint density at radius 3 is 2.59 bits per heavy atom. The molecule has 0 saturated carbocycles. The van der Waals surface area contributed by atoms with Gasteiger partial charge in [0.05, 0.1) is 13.2 Å². The minimum Gasteiger partial charge on any atom is -0.496 e. The van der Waals surface area contributed by atoms with Crippen molar-refractivity contribution in [2.24, 2.45) is 10.9 Å². The smallest absolute Gasteiger partial charge is 0.191 e. The van der Waals surface area contributed by atoms with Crippen molar-refractivity contribution >= 4 is 5.96 Å². The number of nitrogens with one attached hydrogen (secondary N) is 2. The number of hydrogen-bond acceptors (Lipinski definition) is 3. The van der Waals surface area contributed by atoms with Crippen molar-refractivity contribution in [2.45, 2.75) is 39.3 Å². The van der Waals surface area contributed by atoms with Gasteiger partial charge in [-0.3, -0.25) is 4.99 Å². The highest BCUT2D eigenvalue weighted by Crippen LogP contribution is 2.33. The number of guanidine groups is 1. The third kappa shape index (κ3) is 5.73. The first-order chi connectivity index (χ1) is 14.1. The lowest BCUT2D eigenvalue weighted by Crippen LogP contribution is -2.41. The first-order valence-electron chi connectivity index (χ1n) is 10.4. The molecule has 1 saturated heterocycles. The quantitative estimate of drug-likeness (QED) is 0.570. The molecule has 1 aliphatic rings. The molecule has 5 heteroatoms. The molecular formula is C24H33N3O2. The lowest BCUT2D eigenvalue weighted by Gasteiger charge is -2.32. The summed E-state index contributed by atoms with van der Waals surface area (Å²) >= 11 is 0. The van der Waals surface area contributed by atoms with Gasteiger partial charge in [0.1, 0.15) is 5.75 Å². The number of hydrogen-bond donors (Lipinski definition) is 2. The molecule has 5 nitrogen and oxygen atoms in total. The summed E-state index contributed by atoms with van der Waals surface area (Å²) in [6.45, 7) is 6.49. The molecule has 156 valence electrons. The molecule has 29 heavy (non-hydrogen) atoms. The molecule has 0 spiro atoms. The maximum absolute atomic E-state index is 6.14. The van der Waals surface area contributed by atoms with Crippen molar-refractivity contribution in [1.29, 1.82) is 0 Å². The Bertz CT molecular complexity index is 817. The van der Waals surface area contributed by atoms with Crippen LogP contribution in [0.5, 0.6) is 5.75 Å². The monoisotopic (exact) mass is 395 g/mol. The number of methoxy groups -OCH3 is 1. The molecule has 2 unspecified atom stereocenters. The first kappa shape index (κ1) is 21.2. The fourth-order valence-electron chi connectivity index (χ4n) is 3.80. The third-order valence-electron chi connectivity index (χ3n) is 5.49. The standard InChI is InChI=1S/C24H33N3O2/c1-17-7-10-19(11-8-17)23-21(6-5-13-29-23)16-27-24(25-3)26-15-20-12-9-18(2)14-22(20)28-4/h7-12,14,21,23H,5-6,13,15-16H2,1-4H3,(H2,25,26,27). The molecule has 1 fully saturated rings. The van der Waals surface area contributed by atoms with Gasteiger partial charge in [-0.2, -0.15) is 0 Å². The van der Waals surface area contributed by atoms with E-state index in [2.05, 4.69) is 71.9 Å². The molecule has 0 aromatic heterocycles. The van der Waals surface area contributed by atoms with Crippen LogP contribution in [0.25, 0.3) is 0 Å². The van der Waals surface area contributed by atoms with Crippen molar-refractivity contribution in [1.82, 2.24) is 10.6 Å². The lowest BCUT2D eigenvalue weighted by molar-refractivity contribution is -0.0265. The fraction of sp³-hybridized carbons (Fsp3) is 0.458. The molecule has 0 radical (unpaired) electrons. The van der Waals surface area contributed by atoms with Gasteiger partial charge in [0.15, 0.2) is 5.96 Å². The van der Waals surface area contributed by atoms with E-state index in [0.717, 1.165) is 43.3 Å². The lowest BCUT2D eigenvalue weighted by atomic mass is 9.89. The molecule has 2 atom stereocenters. The maximum Gasteiger partial charge on any atom is 0.191 e. The second kappa shape index (κ2) is 10.3. The van der Waals surface area contributed by atoms with Gasteiger partial charge in [0.2, 0.25) is 0 Å². The average molecular weight is 396 g/mol. The van der Waals surface area contributed by atoms with E-state index in [4.69, 9.17) is 9.47 Å². The Labute approximate surface area is 174 Å². The Balaban J connectivity index is 1.58. The van der Waals surface area contributed by atoms with Crippen LogP contribution in [0.1, 0.15) is 41.2 Å². The van der Waals surface area contributed by atoms with Crippen LogP contribution < -0.4 is 15.4 Å². The van der Waals surface area contributed by atoms with Crippen LogP contribution in [-0.4, -0.2) is 33.3 Å². The molecular weight excluding hydrogens is 362 g/mol. The molecule has 2 N–H and O–H groups in total. The van der Waals surface area contributed by atoms with Gasteiger partial charge >= 0.3 is 0 Å². The summed E-state index contributed by atoms with van der Waals surface area (Å²) in [5, 5.41) is 6.89. The number of nitrogens with zero attached hydrogens (tertiary/aromatic N) is 1. The molecule has 0 aliphatic carbocycles. The predicted octanol–water partition coefficient (Wildman–Crippen LogP) is 4.14. The summed E-state index contributed by atoms with van der Waals surface area (Å²) in [4.78, 5) is 4.38. The minimum absolute atomic E-state index is 0.132. The van der Waals surface area contributed by atoms with Gasteiger partial charge in [-0.15, -0.1) is 0 Å². The zero-order valence-electron chi connectivity index (χ0n) is 18.0. The number of benzene rings is 2. The molecule has 2 aromatic carbocycles. The van der Waals surface area contributed by atoms with Gasteiger partial charge in [0, 0.05) is 38.2 Å². The second-order valence-corrected chi connectivity index (χ2v) is 7.73. The zero-order valence-corrected chi connectivity index (χ0v) is 18.0. The van der Waals surface area contributed by atoms with Crippen LogP contribution in [0, 0.1) is 19.8 Å². The van der Waals surface area contributed by atoms with Crippen LogP contribution in [0.3, 0.4) is 0 Å². The summed E-state index contributed by atoms with van der Waals surface area (Å²) in [7, 11) is 3.51. The van der Waals surface area contributed by atoms with E-state index in [-0.39, 0.29) is 6.10 Å². The average Bonchev–Trinajstić information content (AvgIpc) is 2.75. The fourth-order valence-corrected chi connectivity index (χ4v) is 3.80. The first-order valence-corrected chi connectivity index (χ1v) is 10.4. The van der Waals surface area contributed by atoms with Crippen LogP contribution in [-0.2, 0) is 11.3 Å². The summed E-state index contributed by atoms with van der Waals surface area (Å²) < 4.78 is 11.6. The number of ether oxygens (including phenoxy) is 2. The Hall–Kier alpha value is -2.53. The number of aliphatic imine (C=N–C) groups is 1. The Morgan fingerprint density at radius 1 is 1.10 bits per heavy atom. The summed E-state index contributed by atoms with van der Waals surface area (Å²) in [6, 6.07) is 14.9. The maximum atomic E-state index is 6.14. The van der Waals surface area contributed by atoms with Crippen LogP contribution >= 0.6 is 0 Å². The van der Waals surface area contributed by atoms with Crippen LogP contribution in [0.4, 0.5) is 0 Å². The van der Waals surface area contributed by atoms with Gasteiger partial charge in [-0.1, -0.05) is 42.0 Å². The minimum atomic E-state index is 0.132. The van der Waals surface area contributed by atoms with E-state index in [0.29, 0.717) is 12.5 Å². The highest BCUT2D eigenvalue weighted by molar-refractivity contribution is 5.79. The largest absolute Gasteiger partial charge is 0.496 e. The van der Waals surface area contributed by atoms with E-state index in [1.54, 1.807) is 14.2 Å². The summed E-state index contributed by atoms with van der Waals surface area (Å²) in [6.07, 6.45) is 2.38. The molecule has 1 aliphatic heterocycles. The van der Waals surface area contributed by atoms with Crippen LogP contribution in [0.2, 0.25) is 0 Å². The molecule has 3 rings (SSSR count). The van der Waals surface area contributed by atoms with Gasteiger partial charge in [0.25, 0.3) is 0 Å². The Kier molecular flexibility index (Phi) is 7.53. The van der Waals surface area contributed by atoms with Crippen molar-refractivity contribution < 1.29 is 9.47 Å². The van der Waals surface area contributed by atoms with Gasteiger partial charge < -0.3 is 20.1 Å². The van der Waals surface area contributed by atoms with Crippen molar-refractivity contribution in [3.8, 4) is 5.75 Å². The topological polar surface area (TPSA) is 54.9 Å². The van der Waals surface area contributed by atoms with Gasteiger partial charge in [-0.25, -0.2) is 0 Å². The summed E-state index contributed by atoms with van der Waals surface area (Å²) in [5.74, 6) is 2.10. The SMILES string of the molecule is CN=C(NCc1ccc(C)cc1OC)NCC1CCCOC1c1ccc(C)cc1. The van der Waals surface area contributed by atoms with Gasteiger partial charge in [-0.05, 0) is 43.9 Å². The third-order valence-corrected chi connectivity index (χ3v) is 5.49. The van der Waals surface area contributed by atoms with E-state index in [1.165, 1.54) is 16.7 Å². The molecule has 0 amide bonds. The van der Waals surface area contributed by atoms with E-state index in [1.807, 2.05) is 0 Å². The highest BCUT2D eigenvalue weighted by Gasteiger charge is 2.27. The van der Waals surface area contributed by atoms with Crippen molar-refractivity contribution in [3.63, 3.8) is 0 Å². The molecule has 1 heterocycles. The van der Waals surface area contributed by atoms with E-state index < -0.39 is 0 Å². The molecule has 2 aromatic rings. The highest BCUT2D eigenvalue weighted by atomic mass is 16.5.